The Kier molecular flexibility index (Phi) is 5.78. The van der Waals surface area contributed by atoms with Crippen molar-refractivity contribution < 1.29 is 4.79 Å². The molecule has 0 spiro atoms. The Morgan fingerprint density at radius 2 is 2.03 bits per heavy atom. The summed E-state index contributed by atoms with van der Waals surface area (Å²) in [4.78, 5) is 14.7. The number of carbonyl (C=O) groups excluding carboxylic acids is 1. The largest absolute Gasteiger partial charge is 0.384 e. The van der Waals surface area contributed by atoms with Gasteiger partial charge in [0.15, 0.2) is 10.1 Å². The lowest BCUT2D eigenvalue weighted by Crippen LogP contribution is -2.38. The van der Waals surface area contributed by atoms with Crippen molar-refractivity contribution in [2.24, 2.45) is 5.73 Å². The minimum Gasteiger partial charge on any atom is -0.384 e. The van der Waals surface area contributed by atoms with Gasteiger partial charge >= 0.3 is 0 Å². The van der Waals surface area contributed by atoms with E-state index in [0.717, 1.165) is 11.3 Å². The fraction of sp³-hybridized carbons (Fsp3) is 0.250. The zero-order valence-electron chi connectivity index (χ0n) is 15.6. The van der Waals surface area contributed by atoms with Gasteiger partial charge in [-0.2, -0.15) is 10.5 Å². The van der Waals surface area contributed by atoms with Gasteiger partial charge in [-0.15, -0.1) is 10.2 Å². The molecule has 0 amide bonds. The van der Waals surface area contributed by atoms with Gasteiger partial charge in [0, 0.05) is 22.7 Å². The van der Waals surface area contributed by atoms with Crippen molar-refractivity contribution in [3.8, 4) is 12.1 Å². The lowest BCUT2D eigenvalue weighted by Gasteiger charge is -2.38. The first-order chi connectivity index (χ1) is 14.5. The standard InChI is InChI=1S/C20H15ClN6OS2/c21-12-6-4-11(5-7-12)16-13(10-23)18(24)27(14-2-1-3-15(28)17(14)16)19-25-26-20(30-19)29-9-8-22/h4-7,16H,1-3,9,24H2. The molecule has 2 aliphatic rings. The van der Waals surface area contributed by atoms with Crippen LogP contribution in [0.25, 0.3) is 0 Å². The predicted molar refractivity (Wildman–Crippen MR) is 116 cm³/mol. The number of ketones is 1. The number of carbonyl (C=O) groups is 1. The molecule has 1 aliphatic heterocycles. The van der Waals surface area contributed by atoms with Crippen LogP contribution in [-0.4, -0.2) is 21.7 Å². The van der Waals surface area contributed by atoms with Crippen molar-refractivity contribution in [3.63, 3.8) is 0 Å². The summed E-state index contributed by atoms with van der Waals surface area (Å²) in [5.74, 6) is -0.0234. The van der Waals surface area contributed by atoms with Gasteiger partial charge in [0.05, 0.1) is 29.4 Å². The molecule has 0 fully saturated rings. The molecule has 0 bridgehead atoms. The number of nitriles is 2. The van der Waals surface area contributed by atoms with Crippen molar-refractivity contribution in [1.29, 1.82) is 10.5 Å². The van der Waals surface area contributed by atoms with Crippen molar-refractivity contribution in [2.45, 2.75) is 29.5 Å². The third-order valence-electron chi connectivity index (χ3n) is 4.96. The third kappa shape index (κ3) is 3.56. The van der Waals surface area contributed by atoms with Gasteiger partial charge in [0.2, 0.25) is 5.13 Å². The molecule has 0 saturated heterocycles. The van der Waals surface area contributed by atoms with Crippen molar-refractivity contribution in [2.75, 3.05) is 10.7 Å². The number of nitrogens with two attached hydrogens (primary N) is 1. The lowest BCUT2D eigenvalue weighted by molar-refractivity contribution is -0.116. The molecule has 0 saturated carbocycles. The fourth-order valence-corrected chi connectivity index (χ4v) is 5.41. The van der Waals surface area contributed by atoms with E-state index in [9.17, 15) is 10.1 Å². The van der Waals surface area contributed by atoms with Crippen molar-refractivity contribution in [1.82, 2.24) is 10.2 Å². The van der Waals surface area contributed by atoms with Crippen LogP contribution in [0.3, 0.4) is 0 Å². The van der Waals surface area contributed by atoms with E-state index in [1.807, 2.05) is 12.1 Å². The first kappa shape index (κ1) is 20.4. The summed E-state index contributed by atoms with van der Waals surface area (Å²) < 4.78 is 0.627. The van der Waals surface area contributed by atoms with Gasteiger partial charge in [0.25, 0.3) is 0 Å². The summed E-state index contributed by atoms with van der Waals surface area (Å²) in [5.41, 5.74) is 8.91. The van der Waals surface area contributed by atoms with Gasteiger partial charge in [-0.25, -0.2) is 0 Å². The number of allylic oxidation sites excluding steroid dienone is 3. The highest BCUT2D eigenvalue weighted by Crippen LogP contribution is 2.47. The number of aromatic nitrogens is 2. The number of hydrogen-bond donors (Lipinski definition) is 1. The Hall–Kier alpha value is -2.85. The molecule has 150 valence electrons. The summed E-state index contributed by atoms with van der Waals surface area (Å²) in [7, 11) is 0. The summed E-state index contributed by atoms with van der Waals surface area (Å²) in [6.07, 6.45) is 1.77. The molecule has 1 unspecified atom stereocenters. The molecule has 4 rings (SSSR count). The summed E-state index contributed by atoms with van der Waals surface area (Å²) in [6.45, 7) is 0. The number of thioether (sulfide) groups is 1. The molecule has 30 heavy (non-hydrogen) atoms. The molecule has 1 aliphatic carbocycles. The van der Waals surface area contributed by atoms with E-state index in [0.29, 0.717) is 44.9 Å². The van der Waals surface area contributed by atoms with Gasteiger partial charge in [0.1, 0.15) is 5.82 Å². The second kappa shape index (κ2) is 8.49. The molecule has 10 heteroatoms. The van der Waals surface area contributed by atoms with Crippen LogP contribution in [0.2, 0.25) is 5.02 Å². The SMILES string of the molecule is N#CCSc1nnc(N2C(N)=C(C#N)C(c3ccc(Cl)cc3)C3=C2CCCC3=O)s1. The van der Waals surface area contributed by atoms with Crippen LogP contribution in [0, 0.1) is 22.7 Å². The van der Waals surface area contributed by atoms with E-state index < -0.39 is 5.92 Å². The Morgan fingerprint density at radius 1 is 1.27 bits per heavy atom. The smallest absolute Gasteiger partial charge is 0.219 e. The average molecular weight is 455 g/mol. The normalized spacial score (nSPS) is 18.8. The minimum absolute atomic E-state index is 0.00467. The molecule has 7 nitrogen and oxygen atoms in total. The number of anilines is 1. The average Bonchev–Trinajstić information content (AvgIpc) is 3.20. The maximum atomic E-state index is 13.0. The zero-order valence-corrected chi connectivity index (χ0v) is 18.0. The van der Waals surface area contributed by atoms with Crippen LogP contribution in [0.5, 0.6) is 0 Å². The zero-order chi connectivity index (χ0) is 21.3. The number of benzene rings is 1. The monoisotopic (exact) mass is 454 g/mol. The van der Waals surface area contributed by atoms with E-state index >= 15 is 0 Å². The van der Waals surface area contributed by atoms with Gasteiger partial charge in [-0.1, -0.05) is 46.8 Å². The first-order valence-electron chi connectivity index (χ1n) is 9.10. The molecule has 1 atom stereocenters. The van der Waals surface area contributed by atoms with Gasteiger partial charge in [-0.05, 0) is 30.5 Å². The molecule has 2 N–H and O–H groups in total. The summed E-state index contributed by atoms with van der Waals surface area (Å²) in [6, 6.07) is 11.4. The van der Waals surface area contributed by atoms with Crippen LogP contribution >= 0.6 is 34.7 Å². The summed E-state index contributed by atoms with van der Waals surface area (Å²) in [5, 5.41) is 28.1. The van der Waals surface area contributed by atoms with E-state index in [1.54, 1.807) is 17.0 Å². The van der Waals surface area contributed by atoms with Crippen molar-refractivity contribution in [3.05, 3.63) is 57.5 Å². The number of hydrogen-bond acceptors (Lipinski definition) is 9. The maximum Gasteiger partial charge on any atom is 0.219 e. The molecular formula is C20H15ClN6OS2. The third-order valence-corrected chi connectivity index (χ3v) is 7.12. The van der Waals surface area contributed by atoms with Gasteiger partial charge in [-0.3, -0.25) is 9.69 Å². The number of nitrogens with zero attached hydrogens (tertiary/aromatic N) is 5. The highest BCUT2D eigenvalue weighted by molar-refractivity contribution is 8.01. The van der Waals surface area contributed by atoms with Gasteiger partial charge < -0.3 is 5.73 Å². The second-order valence-corrected chi connectivity index (χ2v) is 9.28. The topological polar surface area (TPSA) is 120 Å². The van der Waals surface area contributed by atoms with Crippen LogP contribution in [-0.2, 0) is 4.79 Å². The Bertz CT molecular complexity index is 1160. The fourth-order valence-electron chi connectivity index (χ4n) is 3.74. The van der Waals surface area contributed by atoms with E-state index in [2.05, 4.69) is 22.3 Å². The molecule has 1 aromatic heterocycles. The maximum absolute atomic E-state index is 13.0. The van der Waals surface area contributed by atoms with Crippen LogP contribution in [0.4, 0.5) is 5.13 Å². The molecule has 0 radical (unpaired) electrons. The Balaban J connectivity index is 1.87. The quantitative estimate of drug-likeness (QED) is 0.685. The minimum atomic E-state index is -0.535. The molecule has 2 heterocycles. The Labute approximate surface area is 186 Å². The first-order valence-corrected chi connectivity index (χ1v) is 11.3. The van der Waals surface area contributed by atoms with E-state index in [4.69, 9.17) is 22.6 Å². The molecular weight excluding hydrogens is 440 g/mol. The highest BCUT2D eigenvalue weighted by Gasteiger charge is 2.41. The van der Waals surface area contributed by atoms with Crippen LogP contribution in [0.1, 0.15) is 30.7 Å². The number of rotatable bonds is 4. The highest BCUT2D eigenvalue weighted by atomic mass is 35.5. The lowest BCUT2D eigenvalue weighted by atomic mass is 9.76. The molecule has 1 aromatic carbocycles. The molecule has 2 aromatic rings. The van der Waals surface area contributed by atoms with Crippen molar-refractivity contribution >= 4 is 45.6 Å². The second-order valence-electron chi connectivity index (χ2n) is 6.67. The predicted octanol–water partition coefficient (Wildman–Crippen LogP) is 4.11. The Morgan fingerprint density at radius 3 is 2.73 bits per heavy atom. The van der Waals surface area contributed by atoms with E-state index in [-0.39, 0.29) is 17.4 Å². The van der Waals surface area contributed by atoms with Crippen LogP contribution in [0.15, 0.2) is 51.3 Å². The van der Waals surface area contributed by atoms with E-state index in [1.165, 1.54) is 23.1 Å². The van der Waals surface area contributed by atoms with Crippen LogP contribution < -0.4 is 10.6 Å². The number of Topliss-reactive ketones (excluding diaryl/α,β-unsaturated/α-hetero) is 1. The number of halogens is 1. The summed E-state index contributed by atoms with van der Waals surface area (Å²) >= 11 is 8.59.